The lowest BCUT2D eigenvalue weighted by Gasteiger charge is -2.56. The molecule has 0 spiro atoms. The number of ether oxygens (including phenoxy) is 1. The summed E-state index contributed by atoms with van der Waals surface area (Å²) >= 11 is 0. The minimum absolute atomic E-state index is 0.0150. The zero-order chi connectivity index (χ0) is 45.2. The van der Waals surface area contributed by atoms with Crippen molar-refractivity contribution in [1.29, 1.82) is 0 Å². The molecule has 9 rings (SSSR count). The second-order valence-corrected chi connectivity index (χ2v) is 20.2. The van der Waals surface area contributed by atoms with Crippen molar-refractivity contribution in [2.24, 2.45) is 22.7 Å². The number of aryl methyl sites for hydroxylation is 2. The average Bonchev–Trinajstić information content (AvgIpc) is 3.58. The van der Waals surface area contributed by atoms with Gasteiger partial charge in [-0.1, -0.05) is 101 Å². The van der Waals surface area contributed by atoms with Gasteiger partial charge in [0.15, 0.2) is 0 Å². The molecule has 0 bridgehead atoms. The molecule has 64 heavy (non-hydrogen) atoms. The number of amides is 4. The van der Waals surface area contributed by atoms with Crippen molar-refractivity contribution in [2.75, 3.05) is 17.7 Å². The van der Waals surface area contributed by atoms with Crippen LogP contribution in [0.1, 0.15) is 125 Å². The molecule has 0 heterocycles. The van der Waals surface area contributed by atoms with Crippen molar-refractivity contribution in [3.63, 3.8) is 0 Å². The Morgan fingerprint density at radius 1 is 0.719 bits per heavy atom. The van der Waals surface area contributed by atoms with Crippen molar-refractivity contribution >= 4 is 41.2 Å². The molecule has 0 aromatic heterocycles. The predicted molar refractivity (Wildman–Crippen MR) is 246 cm³/mol. The zero-order valence-electron chi connectivity index (χ0n) is 37.4. The minimum atomic E-state index is -1.41. The van der Waals surface area contributed by atoms with Crippen LogP contribution in [0.25, 0.3) is 11.1 Å². The van der Waals surface area contributed by atoms with E-state index in [1.807, 2.05) is 73.7 Å². The number of imide groups is 1. The Labute approximate surface area is 375 Å². The number of carboxylic acid groups (broad SMARTS) is 1. The van der Waals surface area contributed by atoms with E-state index in [0.29, 0.717) is 12.1 Å². The Hall–Kier alpha value is -5.97. The molecule has 2 fully saturated rings. The maximum Gasteiger partial charge on any atom is 0.407 e. The van der Waals surface area contributed by atoms with Gasteiger partial charge in [-0.2, -0.15) is 0 Å². The largest absolute Gasteiger partial charge is 0.481 e. The molecule has 1 unspecified atom stereocenters. The number of anilines is 2. The number of carbonyl (C=O) groups is 5. The Morgan fingerprint density at radius 2 is 1.25 bits per heavy atom. The van der Waals surface area contributed by atoms with Crippen molar-refractivity contribution in [3.05, 3.63) is 118 Å². The summed E-state index contributed by atoms with van der Waals surface area (Å²) in [5, 5.41) is 18.2. The highest BCUT2D eigenvalue weighted by atomic mass is 16.5. The van der Waals surface area contributed by atoms with Crippen LogP contribution >= 0.6 is 0 Å². The van der Waals surface area contributed by atoms with Crippen molar-refractivity contribution < 1.29 is 33.8 Å². The quantitative estimate of drug-likeness (QED) is 0.0818. The molecule has 11 nitrogen and oxygen atoms in total. The molecule has 4 aromatic rings. The number of benzene rings is 4. The lowest BCUT2D eigenvalue weighted by atomic mass is 9.49. The number of hydrogen-bond donors (Lipinski definition) is 5. The number of hydrogen-bond acceptors (Lipinski definition) is 7. The second-order valence-electron chi connectivity index (χ2n) is 20.2. The zero-order valence-corrected chi connectivity index (χ0v) is 37.4. The Morgan fingerprint density at radius 3 is 1.81 bits per heavy atom. The fourth-order valence-corrected chi connectivity index (χ4v) is 13.3. The Kier molecular flexibility index (Phi) is 11.0. The summed E-state index contributed by atoms with van der Waals surface area (Å²) in [5.74, 6) is -2.55. The normalized spacial score (nSPS) is 28.1. The van der Waals surface area contributed by atoms with Crippen LogP contribution in [-0.4, -0.2) is 47.5 Å². The van der Waals surface area contributed by atoms with Crippen LogP contribution in [0, 0.1) is 22.7 Å². The fourth-order valence-electron chi connectivity index (χ4n) is 13.3. The average molecular weight is 865 g/mol. The van der Waals surface area contributed by atoms with Gasteiger partial charge in [0, 0.05) is 17.3 Å². The van der Waals surface area contributed by atoms with E-state index in [9.17, 15) is 29.1 Å². The topological polar surface area (TPSA) is 177 Å². The van der Waals surface area contributed by atoms with Crippen molar-refractivity contribution in [1.82, 2.24) is 10.6 Å². The molecule has 0 radical (unpaired) electrons. The van der Waals surface area contributed by atoms with Crippen molar-refractivity contribution in [2.45, 2.75) is 121 Å². The van der Waals surface area contributed by atoms with E-state index in [2.05, 4.69) is 48.9 Å². The highest BCUT2D eigenvalue weighted by Gasteiger charge is 2.58. The van der Waals surface area contributed by atoms with Gasteiger partial charge in [-0.15, -0.1) is 0 Å². The lowest BCUT2D eigenvalue weighted by Crippen LogP contribution is -2.60. The van der Waals surface area contributed by atoms with Crippen LogP contribution in [0.4, 0.5) is 16.2 Å². The first-order valence-corrected chi connectivity index (χ1v) is 23.1. The number of nitrogen functional groups attached to an aromatic ring is 1. The second kappa shape index (κ2) is 16.2. The highest BCUT2D eigenvalue weighted by molar-refractivity contribution is 6.01. The number of nitrogens with two attached hydrogens (primary N) is 1. The summed E-state index contributed by atoms with van der Waals surface area (Å²) in [4.78, 5) is 68.3. The molecule has 0 saturated heterocycles. The molecule has 6 N–H and O–H groups in total. The molecule has 5 aliphatic rings. The number of aliphatic carboxylic acids is 1. The molecule has 7 atom stereocenters. The van der Waals surface area contributed by atoms with Gasteiger partial charge in [0.05, 0.1) is 17.3 Å². The summed E-state index contributed by atoms with van der Waals surface area (Å²) in [6.45, 7) is 8.56. The Balaban J connectivity index is 0.887. The molecule has 2 saturated carbocycles. The summed E-state index contributed by atoms with van der Waals surface area (Å²) in [5.41, 5.74) is 14.2. The van der Waals surface area contributed by atoms with E-state index in [4.69, 9.17) is 10.5 Å². The Bertz CT molecular complexity index is 2530. The first kappa shape index (κ1) is 43.3. The molecule has 11 heteroatoms. The SMILES string of the molecule is C[C@]1(C(=O)NC(=O)[C@@]2(C)CCC[C@]3(C)c4cc(NC(=O)C(CC(=O)O)NC(=O)OCC5c6ccccc6-c6ccccc65)ccc4CC[C@@H]23)CCC[C@]2(C)c3cc(N)ccc3CC[C@@H]12. The van der Waals surface area contributed by atoms with Gasteiger partial charge in [0.2, 0.25) is 17.7 Å². The third-order valence-electron chi connectivity index (χ3n) is 16.6. The molecule has 4 amide bonds. The third-order valence-corrected chi connectivity index (χ3v) is 16.6. The van der Waals surface area contributed by atoms with E-state index >= 15 is 0 Å². The number of nitrogens with one attached hydrogen (secondary N) is 3. The van der Waals surface area contributed by atoms with E-state index in [1.54, 1.807) is 6.07 Å². The number of carboxylic acids is 1. The summed E-state index contributed by atoms with van der Waals surface area (Å²) in [6.07, 6.45) is 6.56. The van der Waals surface area contributed by atoms with Crippen molar-refractivity contribution in [3.8, 4) is 11.1 Å². The summed E-state index contributed by atoms with van der Waals surface area (Å²) in [7, 11) is 0. The first-order chi connectivity index (χ1) is 30.5. The molecule has 4 aromatic carbocycles. The standard InChI is InChI=1S/C53H60N4O7/c1-50-23-9-25-52(3,43(50)21-17-31-15-19-33(54)27-40(31)50)47(61)57-48(62)53(4)26-10-24-51(2)41-28-34(20-16-32(41)18-22-44(51)53)55-46(60)42(29-45(58)59)56-49(63)64-30-39-37-13-7-5-11-35(37)36-12-6-8-14-38(36)39/h5-8,11-16,19-20,27-28,39,42-44H,9-10,17-18,21-26,29-30,54H2,1-4H3,(H,55,60)(H,56,63)(H,58,59)(H,57,61,62)/t42?,43-,44-,50-,51-,52+,53+/m1/s1. The smallest absolute Gasteiger partial charge is 0.407 e. The predicted octanol–water partition coefficient (Wildman–Crippen LogP) is 8.95. The number of alkyl carbamates (subject to hydrolysis) is 1. The molecular weight excluding hydrogens is 805 g/mol. The highest BCUT2D eigenvalue weighted by Crippen LogP contribution is 2.60. The van der Waals surface area contributed by atoms with Crippen LogP contribution in [0.2, 0.25) is 0 Å². The van der Waals surface area contributed by atoms with Crippen LogP contribution in [-0.2, 0) is 47.6 Å². The molecule has 334 valence electrons. The maximum absolute atomic E-state index is 14.7. The van der Waals surface area contributed by atoms with Gasteiger partial charge < -0.3 is 26.2 Å². The van der Waals surface area contributed by atoms with E-state index in [-0.39, 0.29) is 41.6 Å². The lowest BCUT2D eigenvalue weighted by molar-refractivity contribution is -0.150. The molecule has 5 aliphatic carbocycles. The van der Waals surface area contributed by atoms with Crippen LogP contribution in [0.3, 0.4) is 0 Å². The minimum Gasteiger partial charge on any atom is -0.481 e. The maximum atomic E-state index is 14.7. The van der Waals surface area contributed by atoms with Crippen LogP contribution in [0.15, 0.2) is 84.9 Å². The van der Waals surface area contributed by atoms with Gasteiger partial charge in [0.25, 0.3) is 0 Å². The van der Waals surface area contributed by atoms with Gasteiger partial charge in [0.1, 0.15) is 12.6 Å². The number of rotatable bonds is 9. The van der Waals surface area contributed by atoms with E-state index < -0.39 is 46.7 Å². The van der Waals surface area contributed by atoms with E-state index in [1.165, 1.54) is 11.1 Å². The summed E-state index contributed by atoms with van der Waals surface area (Å²) < 4.78 is 5.67. The van der Waals surface area contributed by atoms with Gasteiger partial charge in [-0.25, -0.2) is 4.79 Å². The number of carbonyl (C=O) groups excluding carboxylic acids is 4. The van der Waals surface area contributed by atoms with Crippen LogP contribution in [0.5, 0.6) is 0 Å². The van der Waals surface area contributed by atoms with Gasteiger partial charge >= 0.3 is 12.1 Å². The van der Waals surface area contributed by atoms with Gasteiger partial charge in [-0.3, -0.25) is 24.5 Å². The molecule has 0 aliphatic heterocycles. The summed E-state index contributed by atoms with van der Waals surface area (Å²) in [6, 6.07) is 26.4. The third kappa shape index (κ3) is 7.25. The fraction of sp³-hybridized carbons (Fsp3) is 0.453. The monoisotopic (exact) mass is 864 g/mol. The van der Waals surface area contributed by atoms with Crippen LogP contribution < -0.4 is 21.7 Å². The van der Waals surface area contributed by atoms with Gasteiger partial charge in [-0.05, 0) is 143 Å². The van der Waals surface area contributed by atoms with E-state index in [0.717, 1.165) is 96.9 Å². The number of fused-ring (bicyclic) bond motifs is 9. The first-order valence-electron chi connectivity index (χ1n) is 23.1. The molecular formula is C53H60N4O7.